The number of amides is 2. The van der Waals surface area contributed by atoms with Gasteiger partial charge in [-0.15, -0.1) is 0 Å². The van der Waals surface area contributed by atoms with Gasteiger partial charge < -0.3 is 21.1 Å². The van der Waals surface area contributed by atoms with Gasteiger partial charge in [-0.25, -0.2) is 4.98 Å². The van der Waals surface area contributed by atoms with Crippen LogP contribution in [0.3, 0.4) is 0 Å². The Kier molecular flexibility index (Phi) is 7.69. The van der Waals surface area contributed by atoms with Crippen LogP contribution in [0.2, 0.25) is 0 Å². The average molecular weight is 425 g/mol. The van der Waals surface area contributed by atoms with Crippen LogP contribution in [-0.4, -0.2) is 52.4 Å². The fourth-order valence-electron chi connectivity index (χ4n) is 3.20. The van der Waals surface area contributed by atoms with E-state index in [1.807, 2.05) is 6.07 Å². The van der Waals surface area contributed by atoms with E-state index < -0.39 is 11.8 Å². The lowest BCUT2D eigenvalue weighted by Gasteiger charge is -2.16. The van der Waals surface area contributed by atoms with Crippen LogP contribution in [0.4, 0.5) is 5.69 Å². The van der Waals surface area contributed by atoms with Crippen molar-refractivity contribution in [2.45, 2.75) is 25.4 Å². The predicted molar refractivity (Wildman–Crippen MR) is 119 cm³/mol. The number of fused-ring (bicyclic) bond motifs is 3. The zero-order valence-electron chi connectivity index (χ0n) is 17.6. The second-order valence-corrected chi connectivity index (χ2v) is 7.23. The molecule has 9 nitrogen and oxygen atoms in total. The molecule has 0 saturated heterocycles. The molecule has 2 aromatic heterocycles. The molecule has 3 heterocycles. The van der Waals surface area contributed by atoms with Gasteiger partial charge in [0.2, 0.25) is 0 Å². The molecule has 0 spiro atoms. The summed E-state index contributed by atoms with van der Waals surface area (Å²) in [7, 11) is 1.67. The predicted octanol–water partition coefficient (Wildman–Crippen LogP) is 1.89. The fourth-order valence-corrected chi connectivity index (χ4v) is 3.20. The molecule has 0 fully saturated rings. The Morgan fingerprint density at radius 1 is 1.29 bits per heavy atom. The minimum absolute atomic E-state index is 0.107. The molecule has 2 amide bonds. The third-order valence-electron chi connectivity index (χ3n) is 4.86. The van der Waals surface area contributed by atoms with Gasteiger partial charge in [0, 0.05) is 32.9 Å². The second kappa shape index (κ2) is 10.6. The van der Waals surface area contributed by atoms with E-state index in [2.05, 4.69) is 33.4 Å². The summed E-state index contributed by atoms with van der Waals surface area (Å²) in [6.07, 6.45) is 7.65. The quantitative estimate of drug-likeness (QED) is 0.676. The number of carbonyl (C=O) groups excluding carboxylic acids is 2. The van der Waals surface area contributed by atoms with E-state index in [1.165, 1.54) is 4.68 Å². The topological polar surface area (TPSA) is 124 Å². The Morgan fingerprint density at radius 3 is 2.87 bits per heavy atom. The maximum atomic E-state index is 12.8. The summed E-state index contributed by atoms with van der Waals surface area (Å²) in [6.45, 7) is 4.95. The smallest absolute Gasteiger partial charge is 0.274 e. The molecule has 3 rings (SSSR count). The normalized spacial score (nSPS) is 20.3. The van der Waals surface area contributed by atoms with Crippen LogP contribution in [-0.2, 0) is 11.8 Å². The van der Waals surface area contributed by atoms with Crippen molar-refractivity contribution in [3.63, 3.8) is 0 Å². The first-order valence-electron chi connectivity index (χ1n) is 10.3. The van der Waals surface area contributed by atoms with E-state index in [4.69, 9.17) is 10.5 Å². The first-order valence-corrected chi connectivity index (χ1v) is 10.3. The highest BCUT2D eigenvalue weighted by molar-refractivity contribution is 6.07. The number of nitrogens with zero attached hydrogens (tertiary/aromatic N) is 3. The number of nitrogens with two attached hydrogens (primary N) is 1. The van der Waals surface area contributed by atoms with Crippen molar-refractivity contribution < 1.29 is 14.3 Å². The molecule has 0 radical (unpaired) electrons. The van der Waals surface area contributed by atoms with Crippen molar-refractivity contribution in [3.05, 3.63) is 60.2 Å². The fraction of sp³-hybridized carbons (Fsp3) is 0.364. The van der Waals surface area contributed by atoms with Gasteiger partial charge in [-0.2, -0.15) is 5.10 Å². The van der Waals surface area contributed by atoms with Crippen molar-refractivity contribution in [3.8, 4) is 0 Å². The molecule has 0 aromatic carbocycles. The van der Waals surface area contributed by atoms with Gasteiger partial charge in [0.25, 0.3) is 11.8 Å². The number of pyridine rings is 1. The molecule has 1 unspecified atom stereocenters. The number of anilines is 1. The van der Waals surface area contributed by atoms with E-state index in [1.54, 1.807) is 31.5 Å². The highest BCUT2D eigenvalue weighted by Crippen LogP contribution is 2.18. The van der Waals surface area contributed by atoms with Crippen molar-refractivity contribution in [1.29, 1.82) is 0 Å². The van der Waals surface area contributed by atoms with Crippen LogP contribution in [0.1, 0.15) is 45.9 Å². The number of ether oxygens (including phenoxy) is 1. The third kappa shape index (κ3) is 5.87. The average Bonchev–Trinajstić information content (AvgIpc) is 3.14. The van der Waals surface area contributed by atoms with Gasteiger partial charge in [-0.3, -0.25) is 14.3 Å². The first-order chi connectivity index (χ1) is 15.0. The van der Waals surface area contributed by atoms with E-state index in [0.29, 0.717) is 18.0 Å². The SMILES string of the molecule is C=C/C1=C\CCCCOC(CN)CNC(=O)c2nn(C)cc2NC(=O)c2cccc1n2. The number of aryl methyl sites for hydroxylation is 1. The Bertz CT molecular complexity index is 981. The van der Waals surface area contributed by atoms with Crippen LogP contribution in [0, 0.1) is 0 Å². The van der Waals surface area contributed by atoms with Crippen LogP contribution in [0.15, 0.2) is 43.1 Å². The number of hydrogen-bond donors (Lipinski definition) is 3. The number of aromatic nitrogens is 3. The zero-order chi connectivity index (χ0) is 22.2. The summed E-state index contributed by atoms with van der Waals surface area (Å²) in [5, 5.41) is 9.70. The van der Waals surface area contributed by atoms with Gasteiger partial charge in [0.15, 0.2) is 5.69 Å². The Morgan fingerprint density at radius 2 is 2.10 bits per heavy atom. The van der Waals surface area contributed by atoms with Crippen LogP contribution < -0.4 is 16.4 Å². The first kappa shape index (κ1) is 22.4. The minimum atomic E-state index is -0.434. The molecule has 9 heteroatoms. The zero-order valence-corrected chi connectivity index (χ0v) is 17.6. The molecular weight excluding hydrogens is 396 g/mol. The van der Waals surface area contributed by atoms with E-state index >= 15 is 0 Å². The minimum Gasteiger partial charge on any atom is -0.375 e. The van der Waals surface area contributed by atoms with Gasteiger partial charge >= 0.3 is 0 Å². The molecule has 2 bridgehead atoms. The highest BCUT2D eigenvalue weighted by atomic mass is 16.5. The largest absolute Gasteiger partial charge is 0.375 e. The lowest BCUT2D eigenvalue weighted by atomic mass is 10.1. The van der Waals surface area contributed by atoms with E-state index in [0.717, 1.165) is 24.8 Å². The molecule has 0 saturated carbocycles. The summed E-state index contributed by atoms with van der Waals surface area (Å²) in [5.74, 6) is -0.853. The molecular formula is C22H28N6O3. The molecule has 31 heavy (non-hydrogen) atoms. The summed E-state index contributed by atoms with van der Waals surface area (Å²) < 4.78 is 7.26. The molecule has 2 aromatic rings. The summed E-state index contributed by atoms with van der Waals surface area (Å²) in [5.41, 5.74) is 7.93. The third-order valence-corrected chi connectivity index (χ3v) is 4.86. The van der Waals surface area contributed by atoms with Crippen LogP contribution >= 0.6 is 0 Å². The highest BCUT2D eigenvalue weighted by Gasteiger charge is 2.20. The Balaban J connectivity index is 1.92. The number of carbonyl (C=O) groups is 2. The summed E-state index contributed by atoms with van der Waals surface area (Å²) in [4.78, 5) is 30.0. The lowest BCUT2D eigenvalue weighted by Crippen LogP contribution is -2.38. The van der Waals surface area contributed by atoms with Crippen molar-refractivity contribution in [2.75, 3.05) is 25.0 Å². The van der Waals surface area contributed by atoms with Crippen molar-refractivity contribution in [2.24, 2.45) is 12.8 Å². The maximum absolute atomic E-state index is 12.8. The molecule has 1 aliphatic rings. The maximum Gasteiger partial charge on any atom is 0.274 e. The van der Waals surface area contributed by atoms with Gasteiger partial charge in [0.1, 0.15) is 5.69 Å². The molecule has 0 aliphatic carbocycles. The molecule has 164 valence electrons. The van der Waals surface area contributed by atoms with Gasteiger partial charge in [-0.1, -0.05) is 24.8 Å². The summed E-state index contributed by atoms with van der Waals surface area (Å²) >= 11 is 0. The van der Waals surface area contributed by atoms with Gasteiger partial charge in [-0.05, 0) is 37.0 Å². The Hall–Kier alpha value is -3.30. The van der Waals surface area contributed by atoms with E-state index in [-0.39, 0.29) is 30.6 Å². The summed E-state index contributed by atoms with van der Waals surface area (Å²) in [6, 6.07) is 5.22. The monoisotopic (exact) mass is 424 g/mol. The number of hydrogen-bond acceptors (Lipinski definition) is 6. The van der Waals surface area contributed by atoms with Crippen LogP contribution in [0.5, 0.6) is 0 Å². The number of rotatable bonds is 2. The number of nitrogens with one attached hydrogen (secondary N) is 2. The second-order valence-electron chi connectivity index (χ2n) is 7.23. The number of allylic oxidation sites excluding steroid dienone is 3. The molecule has 4 N–H and O–H groups in total. The van der Waals surface area contributed by atoms with Gasteiger partial charge in [0.05, 0.1) is 17.5 Å². The van der Waals surface area contributed by atoms with Crippen LogP contribution in [0.25, 0.3) is 5.57 Å². The Labute approximate surface area is 181 Å². The van der Waals surface area contributed by atoms with Crippen molar-refractivity contribution >= 4 is 23.1 Å². The lowest BCUT2D eigenvalue weighted by molar-refractivity contribution is 0.0539. The van der Waals surface area contributed by atoms with Crippen molar-refractivity contribution in [1.82, 2.24) is 20.1 Å². The van der Waals surface area contributed by atoms with E-state index in [9.17, 15) is 9.59 Å². The molecule has 1 atom stereocenters. The molecule has 1 aliphatic heterocycles. The standard InChI is InChI=1S/C22H28N6O3/c1-3-15-8-5-4-6-11-31-16(12-23)13-24-22(30)20-19(14-28(2)27-20)26-21(29)18-10-7-9-17(15)25-18/h3,7-10,14,16H,1,4-6,11-13,23H2,2H3,(H,24,30)(H,26,29)/b15-8+.